The molecule has 1 amide bonds. The van der Waals surface area contributed by atoms with Gasteiger partial charge in [-0.15, -0.1) is 12.4 Å². The van der Waals surface area contributed by atoms with Crippen LogP contribution in [0.3, 0.4) is 0 Å². The number of rotatable bonds is 2. The van der Waals surface area contributed by atoms with Crippen molar-refractivity contribution in [1.29, 1.82) is 0 Å². The fourth-order valence-corrected chi connectivity index (χ4v) is 2.31. The van der Waals surface area contributed by atoms with Gasteiger partial charge in [0.2, 0.25) is 5.91 Å². The van der Waals surface area contributed by atoms with Crippen molar-refractivity contribution in [2.24, 2.45) is 11.1 Å². The van der Waals surface area contributed by atoms with Gasteiger partial charge in [0.05, 0.1) is 6.04 Å². The van der Waals surface area contributed by atoms with Gasteiger partial charge in [-0.3, -0.25) is 4.79 Å². The Morgan fingerprint density at radius 1 is 1.50 bits per heavy atom. The van der Waals surface area contributed by atoms with E-state index >= 15 is 0 Å². The first-order chi connectivity index (χ1) is 6.81. The minimum Gasteiger partial charge on any atom is -0.338 e. The standard InChI is InChI=1S/C12H24N2O.ClH/c1-9(13)11(15)14-7-5-6-10(14)8-12(2,3)4;/h9-10H,5-8,13H2,1-4H3;1H/t9-,10?;/m0./s1. The fourth-order valence-electron chi connectivity index (χ4n) is 2.31. The van der Waals surface area contributed by atoms with E-state index in [1.165, 1.54) is 0 Å². The largest absolute Gasteiger partial charge is 0.338 e. The second-order valence-corrected chi connectivity index (χ2v) is 5.88. The number of hydrogen-bond acceptors (Lipinski definition) is 2. The third-order valence-corrected chi connectivity index (χ3v) is 2.90. The summed E-state index contributed by atoms with van der Waals surface area (Å²) in [5.41, 5.74) is 5.93. The van der Waals surface area contributed by atoms with Gasteiger partial charge in [-0.05, 0) is 31.6 Å². The number of amides is 1. The summed E-state index contributed by atoms with van der Waals surface area (Å²) in [6.07, 6.45) is 3.33. The number of likely N-dealkylation sites (tertiary alicyclic amines) is 1. The van der Waals surface area contributed by atoms with E-state index in [-0.39, 0.29) is 29.8 Å². The van der Waals surface area contributed by atoms with Crippen molar-refractivity contribution in [1.82, 2.24) is 4.90 Å². The van der Waals surface area contributed by atoms with Gasteiger partial charge in [-0.25, -0.2) is 0 Å². The van der Waals surface area contributed by atoms with Crippen LogP contribution in [0.25, 0.3) is 0 Å². The molecular weight excluding hydrogens is 224 g/mol. The van der Waals surface area contributed by atoms with E-state index in [0.29, 0.717) is 6.04 Å². The highest BCUT2D eigenvalue weighted by molar-refractivity contribution is 5.85. The predicted octanol–water partition coefficient (Wildman–Crippen LogP) is 2.18. The lowest BCUT2D eigenvalue weighted by Crippen LogP contribution is -2.45. The maximum absolute atomic E-state index is 11.8. The maximum Gasteiger partial charge on any atom is 0.239 e. The third kappa shape index (κ3) is 4.30. The Kier molecular flexibility index (Phi) is 5.77. The Morgan fingerprint density at radius 2 is 2.06 bits per heavy atom. The second kappa shape index (κ2) is 5.87. The highest BCUT2D eigenvalue weighted by Crippen LogP contribution is 2.29. The Hall–Kier alpha value is -0.280. The lowest BCUT2D eigenvalue weighted by molar-refractivity contribution is -0.133. The molecule has 1 unspecified atom stereocenters. The number of carbonyl (C=O) groups is 1. The van der Waals surface area contributed by atoms with Gasteiger partial charge in [0.15, 0.2) is 0 Å². The van der Waals surface area contributed by atoms with E-state index in [1.807, 2.05) is 4.90 Å². The van der Waals surface area contributed by atoms with Crippen LogP contribution >= 0.6 is 12.4 Å². The number of nitrogens with zero attached hydrogens (tertiary/aromatic N) is 1. The summed E-state index contributed by atoms with van der Waals surface area (Å²) >= 11 is 0. The van der Waals surface area contributed by atoms with Crippen LogP contribution in [0.5, 0.6) is 0 Å². The van der Waals surface area contributed by atoms with Crippen molar-refractivity contribution < 1.29 is 4.79 Å². The first kappa shape index (κ1) is 15.7. The molecule has 0 aromatic rings. The zero-order valence-electron chi connectivity index (χ0n) is 10.8. The summed E-state index contributed by atoms with van der Waals surface area (Å²) < 4.78 is 0. The summed E-state index contributed by atoms with van der Waals surface area (Å²) in [5, 5.41) is 0. The first-order valence-corrected chi connectivity index (χ1v) is 5.87. The number of nitrogens with two attached hydrogens (primary N) is 1. The second-order valence-electron chi connectivity index (χ2n) is 5.88. The number of halogens is 1. The molecule has 1 rings (SSSR count). The minimum atomic E-state index is -0.356. The average molecular weight is 249 g/mol. The highest BCUT2D eigenvalue weighted by Gasteiger charge is 2.32. The molecule has 0 bridgehead atoms. The van der Waals surface area contributed by atoms with Gasteiger partial charge in [0.1, 0.15) is 0 Å². The first-order valence-electron chi connectivity index (χ1n) is 5.87. The van der Waals surface area contributed by atoms with E-state index in [4.69, 9.17) is 5.73 Å². The lowest BCUT2D eigenvalue weighted by Gasteiger charge is -2.31. The Bertz CT molecular complexity index is 236. The molecule has 0 aliphatic carbocycles. The molecule has 1 aliphatic heterocycles. The van der Waals surface area contributed by atoms with Gasteiger partial charge < -0.3 is 10.6 Å². The minimum absolute atomic E-state index is 0. The summed E-state index contributed by atoms with van der Waals surface area (Å²) in [6.45, 7) is 9.33. The molecule has 4 heteroatoms. The Balaban J connectivity index is 0.00000225. The normalized spacial score (nSPS) is 22.8. The van der Waals surface area contributed by atoms with Gasteiger partial charge >= 0.3 is 0 Å². The Morgan fingerprint density at radius 3 is 2.50 bits per heavy atom. The quantitative estimate of drug-likeness (QED) is 0.814. The molecule has 0 aromatic carbocycles. The zero-order chi connectivity index (χ0) is 11.6. The van der Waals surface area contributed by atoms with Gasteiger partial charge in [-0.1, -0.05) is 20.8 Å². The Labute approximate surface area is 105 Å². The van der Waals surface area contributed by atoms with Crippen LogP contribution in [0.1, 0.15) is 47.0 Å². The van der Waals surface area contributed by atoms with Gasteiger partial charge in [0, 0.05) is 12.6 Å². The lowest BCUT2D eigenvalue weighted by atomic mass is 9.87. The van der Waals surface area contributed by atoms with E-state index in [2.05, 4.69) is 20.8 Å². The molecule has 0 saturated carbocycles. The molecular formula is C12H25ClN2O. The van der Waals surface area contributed by atoms with Crippen LogP contribution in [0.2, 0.25) is 0 Å². The van der Waals surface area contributed by atoms with Gasteiger partial charge in [-0.2, -0.15) is 0 Å². The molecule has 0 radical (unpaired) electrons. The van der Waals surface area contributed by atoms with Crippen molar-refractivity contribution in [3.63, 3.8) is 0 Å². The fraction of sp³-hybridized carbons (Fsp3) is 0.917. The molecule has 1 aliphatic rings. The van der Waals surface area contributed by atoms with Crippen LogP contribution < -0.4 is 5.73 Å². The molecule has 0 aromatic heterocycles. The third-order valence-electron chi connectivity index (χ3n) is 2.90. The highest BCUT2D eigenvalue weighted by atomic mass is 35.5. The molecule has 2 atom stereocenters. The topological polar surface area (TPSA) is 46.3 Å². The maximum atomic E-state index is 11.8. The van der Waals surface area contributed by atoms with E-state index in [0.717, 1.165) is 25.8 Å². The summed E-state index contributed by atoms with van der Waals surface area (Å²) in [4.78, 5) is 13.8. The SMILES string of the molecule is C[C@H](N)C(=O)N1CCCC1CC(C)(C)C.Cl. The predicted molar refractivity (Wildman–Crippen MR) is 69.7 cm³/mol. The zero-order valence-corrected chi connectivity index (χ0v) is 11.6. The van der Waals surface area contributed by atoms with Crippen LogP contribution in [0, 0.1) is 5.41 Å². The van der Waals surface area contributed by atoms with E-state index < -0.39 is 0 Å². The molecule has 3 nitrogen and oxygen atoms in total. The molecule has 1 heterocycles. The molecule has 2 N–H and O–H groups in total. The van der Waals surface area contributed by atoms with E-state index in [1.54, 1.807) is 6.92 Å². The number of hydrogen-bond donors (Lipinski definition) is 1. The van der Waals surface area contributed by atoms with Crippen LogP contribution in [0.4, 0.5) is 0 Å². The molecule has 0 spiro atoms. The summed E-state index contributed by atoms with van der Waals surface area (Å²) in [7, 11) is 0. The monoisotopic (exact) mass is 248 g/mol. The molecule has 16 heavy (non-hydrogen) atoms. The molecule has 1 fully saturated rings. The average Bonchev–Trinajstić information content (AvgIpc) is 2.47. The molecule has 96 valence electrons. The van der Waals surface area contributed by atoms with Crippen molar-refractivity contribution in [2.75, 3.05) is 6.54 Å². The van der Waals surface area contributed by atoms with E-state index in [9.17, 15) is 4.79 Å². The van der Waals surface area contributed by atoms with Crippen LogP contribution in [0.15, 0.2) is 0 Å². The van der Waals surface area contributed by atoms with Crippen molar-refractivity contribution >= 4 is 18.3 Å². The van der Waals surface area contributed by atoms with Crippen LogP contribution in [-0.4, -0.2) is 29.4 Å². The summed E-state index contributed by atoms with van der Waals surface area (Å²) in [6, 6.07) is 0.0501. The van der Waals surface area contributed by atoms with Crippen LogP contribution in [-0.2, 0) is 4.79 Å². The van der Waals surface area contributed by atoms with Gasteiger partial charge in [0.25, 0.3) is 0 Å². The van der Waals surface area contributed by atoms with Crippen molar-refractivity contribution in [2.45, 2.75) is 59.0 Å². The summed E-state index contributed by atoms with van der Waals surface area (Å²) in [5.74, 6) is 0.113. The smallest absolute Gasteiger partial charge is 0.239 e. The van der Waals surface area contributed by atoms with Crippen molar-refractivity contribution in [3.8, 4) is 0 Å². The molecule has 1 saturated heterocycles. The number of carbonyl (C=O) groups excluding carboxylic acids is 1. The van der Waals surface area contributed by atoms with Crippen molar-refractivity contribution in [3.05, 3.63) is 0 Å².